The first-order valence-electron chi connectivity index (χ1n) is 9.41. The summed E-state index contributed by atoms with van der Waals surface area (Å²) in [5.41, 5.74) is 0.448. The van der Waals surface area contributed by atoms with E-state index in [1.54, 1.807) is 23.1 Å². The molecule has 3 rings (SSSR count). The third-order valence-electron chi connectivity index (χ3n) is 4.47. The zero-order valence-electron chi connectivity index (χ0n) is 16.4. The molecule has 2 aromatic carbocycles. The van der Waals surface area contributed by atoms with E-state index in [1.165, 1.54) is 11.3 Å². The Hall–Kier alpha value is -2.90. The zero-order valence-corrected chi connectivity index (χ0v) is 18.0. The van der Waals surface area contributed by atoms with Crippen molar-refractivity contribution in [2.45, 2.75) is 13.5 Å². The van der Waals surface area contributed by atoms with Gasteiger partial charge in [0.2, 0.25) is 0 Å². The second-order valence-electron chi connectivity index (χ2n) is 6.52. The van der Waals surface area contributed by atoms with Crippen LogP contribution in [0.1, 0.15) is 22.2 Å². The maximum atomic E-state index is 12.3. The number of fused-ring (bicyclic) bond motifs is 1. The fourth-order valence-electron chi connectivity index (χ4n) is 2.87. The molecule has 1 heterocycles. The van der Waals surface area contributed by atoms with Crippen LogP contribution >= 0.6 is 22.9 Å². The van der Waals surface area contributed by atoms with Crippen LogP contribution < -0.4 is 5.32 Å². The van der Waals surface area contributed by atoms with Crippen molar-refractivity contribution in [3.63, 3.8) is 0 Å². The van der Waals surface area contributed by atoms with E-state index in [4.69, 9.17) is 16.3 Å². The molecule has 3 aromatic rings. The number of nitrogens with one attached hydrogen (secondary N) is 1. The standard InChI is InChI=1S/C22H21ClN2O4S/c1-2-25(13-18-9-10-19(23)30-18)20(26)14-29-21(27)12-24-22(28)17-8-7-15-5-3-4-6-16(15)11-17/h3-11H,2,12-14H2,1H3,(H,24,28). The van der Waals surface area contributed by atoms with Crippen LogP contribution in [0.2, 0.25) is 4.34 Å². The van der Waals surface area contributed by atoms with Crippen LogP contribution in [0, 0.1) is 0 Å². The quantitative estimate of drug-likeness (QED) is 0.535. The maximum Gasteiger partial charge on any atom is 0.325 e. The SMILES string of the molecule is CCN(Cc1ccc(Cl)s1)C(=O)COC(=O)CNC(=O)c1ccc2ccccc2c1. The van der Waals surface area contributed by atoms with Crippen LogP contribution in [0.3, 0.4) is 0 Å². The van der Waals surface area contributed by atoms with Gasteiger partial charge in [0.1, 0.15) is 6.54 Å². The summed E-state index contributed by atoms with van der Waals surface area (Å²) >= 11 is 7.31. The third kappa shape index (κ3) is 5.81. The smallest absolute Gasteiger partial charge is 0.325 e. The molecule has 0 fully saturated rings. The van der Waals surface area contributed by atoms with Gasteiger partial charge in [-0.3, -0.25) is 14.4 Å². The lowest BCUT2D eigenvalue weighted by Gasteiger charge is -2.20. The molecule has 1 N–H and O–H groups in total. The fraction of sp³-hybridized carbons (Fsp3) is 0.227. The molecule has 156 valence electrons. The monoisotopic (exact) mass is 444 g/mol. The van der Waals surface area contributed by atoms with E-state index in [-0.39, 0.29) is 25.0 Å². The second kappa shape index (κ2) is 10.2. The molecule has 8 heteroatoms. The highest BCUT2D eigenvalue weighted by Crippen LogP contribution is 2.22. The highest BCUT2D eigenvalue weighted by atomic mass is 35.5. The number of hydrogen-bond acceptors (Lipinski definition) is 5. The number of rotatable bonds is 8. The number of hydrogen-bond donors (Lipinski definition) is 1. The number of thiophene rings is 1. The molecule has 0 spiro atoms. The second-order valence-corrected chi connectivity index (χ2v) is 8.32. The van der Waals surface area contributed by atoms with Crippen LogP contribution in [-0.2, 0) is 20.9 Å². The van der Waals surface area contributed by atoms with Crippen LogP contribution in [0.5, 0.6) is 0 Å². The van der Waals surface area contributed by atoms with Crippen molar-refractivity contribution in [1.82, 2.24) is 10.2 Å². The molecule has 0 unspecified atom stereocenters. The number of carbonyl (C=O) groups excluding carboxylic acids is 3. The normalized spacial score (nSPS) is 10.6. The van der Waals surface area contributed by atoms with Crippen molar-refractivity contribution in [1.29, 1.82) is 0 Å². The molecule has 6 nitrogen and oxygen atoms in total. The van der Waals surface area contributed by atoms with Crippen molar-refractivity contribution < 1.29 is 19.1 Å². The van der Waals surface area contributed by atoms with Gasteiger partial charge in [-0.25, -0.2) is 0 Å². The lowest BCUT2D eigenvalue weighted by Crippen LogP contribution is -2.36. The van der Waals surface area contributed by atoms with Crippen molar-refractivity contribution in [3.8, 4) is 0 Å². The van der Waals surface area contributed by atoms with Crippen LogP contribution in [0.15, 0.2) is 54.6 Å². The van der Waals surface area contributed by atoms with Gasteiger partial charge in [-0.05, 0) is 42.0 Å². The lowest BCUT2D eigenvalue weighted by atomic mass is 10.1. The average Bonchev–Trinajstić information content (AvgIpc) is 3.18. The molecule has 0 bridgehead atoms. The van der Waals surface area contributed by atoms with Gasteiger partial charge in [-0.2, -0.15) is 0 Å². The van der Waals surface area contributed by atoms with Gasteiger partial charge in [0.15, 0.2) is 6.61 Å². The first kappa shape index (κ1) is 21.8. The summed E-state index contributed by atoms with van der Waals surface area (Å²) in [6, 6.07) is 16.6. The molecular weight excluding hydrogens is 424 g/mol. The van der Waals surface area contributed by atoms with E-state index < -0.39 is 5.97 Å². The Labute approximate surface area is 183 Å². The molecule has 2 amide bonds. The fourth-order valence-corrected chi connectivity index (χ4v) is 3.97. The lowest BCUT2D eigenvalue weighted by molar-refractivity contribution is -0.151. The maximum absolute atomic E-state index is 12.3. The van der Waals surface area contributed by atoms with Gasteiger partial charge < -0.3 is 15.0 Å². The topological polar surface area (TPSA) is 75.7 Å². The summed E-state index contributed by atoms with van der Waals surface area (Å²) in [4.78, 5) is 39.1. The summed E-state index contributed by atoms with van der Waals surface area (Å²) in [6.45, 7) is 2.04. The minimum atomic E-state index is -0.673. The highest BCUT2D eigenvalue weighted by Gasteiger charge is 2.16. The largest absolute Gasteiger partial charge is 0.454 e. The van der Waals surface area contributed by atoms with Gasteiger partial charge in [0, 0.05) is 17.0 Å². The van der Waals surface area contributed by atoms with Crippen molar-refractivity contribution in [2.75, 3.05) is 19.7 Å². The Balaban J connectivity index is 1.46. The summed E-state index contributed by atoms with van der Waals surface area (Å²) < 4.78 is 5.67. The van der Waals surface area contributed by atoms with Gasteiger partial charge in [0.25, 0.3) is 11.8 Å². The number of halogens is 1. The van der Waals surface area contributed by atoms with E-state index in [2.05, 4.69) is 5.32 Å². The predicted octanol–water partition coefficient (Wildman–Crippen LogP) is 3.88. The Morgan fingerprint density at radius 2 is 1.83 bits per heavy atom. The van der Waals surface area contributed by atoms with Crippen LogP contribution in [0.4, 0.5) is 0 Å². The Morgan fingerprint density at radius 1 is 1.07 bits per heavy atom. The Morgan fingerprint density at radius 3 is 2.53 bits per heavy atom. The molecule has 1 aromatic heterocycles. The predicted molar refractivity (Wildman–Crippen MR) is 118 cm³/mol. The summed E-state index contributed by atoms with van der Waals surface area (Å²) in [6.07, 6.45) is 0. The van der Waals surface area contributed by atoms with Crippen molar-refractivity contribution in [3.05, 3.63) is 69.4 Å². The summed E-state index contributed by atoms with van der Waals surface area (Å²) in [5, 5.41) is 4.48. The van der Waals surface area contributed by atoms with E-state index in [0.717, 1.165) is 15.6 Å². The van der Waals surface area contributed by atoms with Crippen molar-refractivity contribution in [2.24, 2.45) is 0 Å². The summed E-state index contributed by atoms with van der Waals surface area (Å²) in [7, 11) is 0. The number of benzene rings is 2. The summed E-state index contributed by atoms with van der Waals surface area (Å²) in [5.74, 6) is -1.36. The van der Waals surface area contributed by atoms with Gasteiger partial charge in [-0.1, -0.05) is 41.9 Å². The van der Waals surface area contributed by atoms with E-state index >= 15 is 0 Å². The minimum Gasteiger partial charge on any atom is -0.454 e. The Kier molecular flexibility index (Phi) is 7.43. The molecule has 0 aliphatic heterocycles. The molecule has 0 atom stereocenters. The molecule has 0 saturated carbocycles. The molecule has 0 aliphatic rings. The number of esters is 1. The van der Waals surface area contributed by atoms with Gasteiger partial charge >= 0.3 is 5.97 Å². The number of carbonyl (C=O) groups is 3. The van der Waals surface area contributed by atoms with Crippen molar-refractivity contribution >= 4 is 51.5 Å². The Bertz CT molecular complexity index is 1070. The molecule has 0 radical (unpaired) electrons. The van der Waals surface area contributed by atoms with E-state index in [1.807, 2.05) is 43.3 Å². The molecule has 0 aliphatic carbocycles. The number of ether oxygens (including phenoxy) is 1. The molecule has 30 heavy (non-hydrogen) atoms. The minimum absolute atomic E-state index is 0.309. The van der Waals surface area contributed by atoms with E-state index in [9.17, 15) is 14.4 Å². The highest BCUT2D eigenvalue weighted by molar-refractivity contribution is 7.16. The van der Waals surface area contributed by atoms with Crippen LogP contribution in [0.25, 0.3) is 10.8 Å². The first-order chi connectivity index (χ1) is 14.5. The average molecular weight is 445 g/mol. The van der Waals surface area contributed by atoms with Gasteiger partial charge in [-0.15, -0.1) is 11.3 Å². The first-order valence-corrected chi connectivity index (χ1v) is 10.6. The number of nitrogens with zero attached hydrogens (tertiary/aromatic N) is 1. The molecule has 0 saturated heterocycles. The number of amides is 2. The van der Waals surface area contributed by atoms with Gasteiger partial charge in [0.05, 0.1) is 10.9 Å². The number of likely N-dealkylation sites (N-methyl/N-ethyl adjacent to an activating group) is 1. The van der Waals surface area contributed by atoms with E-state index in [0.29, 0.717) is 23.0 Å². The van der Waals surface area contributed by atoms with Crippen LogP contribution in [-0.4, -0.2) is 42.4 Å². The molecular formula is C22H21ClN2O4S. The third-order valence-corrected chi connectivity index (χ3v) is 5.69. The zero-order chi connectivity index (χ0) is 21.5.